The van der Waals surface area contributed by atoms with E-state index in [2.05, 4.69) is 20.5 Å². The van der Waals surface area contributed by atoms with Crippen molar-refractivity contribution in [2.75, 3.05) is 5.32 Å². The van der Waals surface area contributed by atoms with E-state index in [4.69, 9.17) is 13.9 Å². The molecule has 8 heteroatoms. The van der Waals surface area contributed by atoms with Crippen molar-refractivity contribution < 1.29 is 18.7 Å². The van der Waals surface area contributed by atoms with Gasteiger partial charge < -0.3 is 19.2 Å². The van der Waals surface area contributed by atoms with Crippen molar-refractivity contribution in [3.8, 4) is 34.6 Å². The van der Waals surface area contributed by atoms with Crippen LogP contribution in [0.15, 0.2) is 108 Å². The lowest BCUT2D eigenvalue weighted by Gasteiger charge is -2.10. The molecule has 0 radical (unpaired) electrons. The van der Waals surface area contributed by atoms with E-state index in [9.17, 15) is 4.79 Å². The van der Waals surface area contributed by atoms with Crippen LogP contribution in [0.4, 0.5) is 5.69 Å². The van der Waals surface area contributed by atoms with Crippen molar-refractivity contribution in [3.63, 3.8) is 0 Å². The first-order valence-electron chi connectivity index (χ1n) is 10.4. The molecule has 0 atom stereocenters. The molecule has 5 rings (SSSR count). The van der Waals surface area contributed by atoms with Crippen LogP contribution in [0, 0.1) is 0 Å². The lowest BCUT2D eigenvalue weighted by Crippen LogP contribution is -2.11. The molecular weight excluding hydrogens is 432 g/mol. The molecule has 0 aliphatic heterocycles. The Kier molecular flexibility index (Phi) is 5.94. The maximum atomic E-state index is 12.8. The smallest absolute Gasteiger partial charge is 0.266 e. The number of ether oxygens (including phenoxy) is 2. The molecule has 1 amide bonds. The first-order chi connectivity index (χ1) is 16.7. The SMILES string of the molecule is O=C(Nc1cccc(Oc2ccnc(-c3nnco3)c2)c1)c1cccc(Oc2ccccc2)c1. The molecule has 0 aliphatic carbocycles. The summed E-state index contributed by atoms with van der Waals surface area (Å²) in [5.74, 6) is 2.39. The van der Waals surface area contributed by atoms with E-state index in [1.54, 1.807) is 66.9 Å². The summed E-state index contributed by atoms with van der Waals surface area (Å²) < 4.78 is 16.9. The van der Waals surface area contributed by atoms with Gasteiger partial charge in [0, 0.05) is 29.6 Å². The average molecular weight is 450 g/mol. The number of nitrogens with zero attached hydrogens (tertiary/aromatic N) is 3. The lowest BCUT2D eigenvalue weighted by atomic mass is 10.2. The van der Waals surface area contributed by atoms with Crippen LogP contribution < -0.4 is 14.8 Å². The summed E-state index contributed by atoms with van der Waals surface area (Å²) in [6.45, 7) is 0. The first-order valence-corrected chi connectivity index (χ1v) is 10.4. The van der Waals surface area contributed by atoms with Crippen LogP contribution in [0.3, 0.4) is 0 Å². The van der Waals surface area contributed by atoms with Crippen LogP contribution in [0.1, 0.15) is 10.4 Å². The van der Waals surface area contributed by atoms with Gasteiger partial charge in [0.25, 0.3) is 11.8 Å². The predicted octanol–water partition coefficient (Wildman–Crippen LogP) is 5.97. The highest BCUT2D eigenvalue weighted by atomic mass is 16.5. The van der Waals surface area contributed by atoms with Gasteiger partial charge in [0.05, 0.1) is 0 Å². The van der Waals surface area contributed by atoms with Crippen LogP contribution in [-0.4, -0.2) is 21.1 Å². The fraction of sp³-hybridized carbons (Fsp3) is 0. The number of benzene rings is 3. The van der Waals surface area contributed by atoms with Crippen LogP contribution in [0.2, 0.25) is 0 Å². The number of nitrogens with one attached hydrogen (secondary N) is 1. The van der Waals surface area contributed by atoms with Crippen LogP contribution in [0.5, 0.6) is 23.0 Å². The van der Waals surface area contributed by atoms with E-state index in [0.29, 0.717) is 45.8 Å². The van der Waals surface area contributed by atoms with Gasteiger partial charge in [-0.15, -0.1) is 10.2 Å². The second-order valence-electron chi connectivity index (χ2n) is 7.15. The van der Waals surface area contributed by atoms with Gasteiger partial charge in [0.15, 0.2) is 0 Å². The van der Waals surface area contributed by atoms with E-state index in [-0.39, 0.29) is 5.91 Å². The number of aromatic nitrogens is 3. The molecule has 34 heavy (non-hydrogen) atoms. The minimum absolute atomic E-state index is 0.266. The molecule has 0 fully saturated rings. The first kappa shape index (κ1) is 20.9. The number of rotatable bonds is 7. The Bertz CT molecular complexity index is 1410. The third-order valence-corrected chi connectivity index (χ3v) is 4.71. The summed E-state index contributed by atoms with van der Waals surface area (Å²) in [7, 11) is 0. The number of para-hydroxylation sites is 1. The Hall–Kier alpha value is -4.98. The maximum absolute atomic E-state index is 12.8. The highest BCUT2D eigenvalue weighted by Crippen LogP contribution is 2.27. The summed E-state index contributed by atoms with van der Waals surface area (Å²) in [5, 5.41) is 10.4. The van der Waals surface area contributed by atoms with E-state index in [1.807, 2.05) is 30.3 Å². The molecule has 3 aromatic carbocycles. The predicted molar refractivity (Wildman–Crippen MR) is 125 cm³/mol. The van der Waals surface area contributed by atoms with Crippen LogP contribution in [-0.2, 0) is 0 Å². The molecular formula is C26H18N4O4. The highest BCUT2D eigenvalue weighted by molar-refractivity contribution is 6.04. The fourth-order valence-corrected chi connectivity index (χ4v) is 3.18. The van der Waals surface area contributed by atoms with Crippen molar-refractivity contribution in [2.45, 2.75) is 0 Å². The molecule has 0 saturated carbocycles. The molecule has 0 saturated heterocycles. The van der Waals surface area contributed by atoms with Crippen molar-refractivity contribution in [3.05, 3.63) is 109 Å². The molecule has 0 aliphatic rings. The van der Waals surface area contributed by atoms with Crippen molar-refractivity contribution in [1.82, 2.24) is 15.2 Å². The Morgan fingerprint density at radius 2 is 1.50 bits per heavy atom. The van der Waals surface area contributed by atoms with Crippen molar-refractivity contribution in [2.24, 2.45) is 0 Å². The van der Waals surface area contributed by atoms with E-state index in [1.165, 1.54) is 6.39 Å². The van der Waals surface area contributed by atoms with Gasteiger partial charge in [-0.05, 0) is 48.5 Å². The fourth-order valence-electron chi connectivity index (χ4n) is 3.18. The number of pyridine rings is 1. The van der Waals surface area contributed by atoms with Gasteiger partial charge in [-0.1, -0.05) is 30.3 Å². The molecule has 5 aromatic rings. The maximum Gasteiger partial charge on any atom is 0.266 e. The zero-order valence-electron chi connectivity index (χ0n) is 17.8. The lowest BCUT2D eigenvalue weighted by molar-refractivity contribution is 0.102. The quantitative estimate of drug-likeness (QED) is 0.326. The number of hydrogen-bond donors (Lipinski definition) is 1. The molecule has 2 aromatic heterocycles. The summed E-state index contributed by atoms with van der Waals surface area (Å²) in [4.78, 5) is 17.0. The Labute approximate surface area is 194 Å². The van der Waals surface area contributed by atoms with E-state index in [0.717, 1.165) is 0 Å². The van der Waals surface area contributed by atoms with Gasteiger partial charge >= 0.3 is 0 Å². The topological polar surface area (TPSA) is 99.4 Å². The third kappa shape index (κ3) is 5.08. The van der Waals surface area contributed by atoms with Gasteiger partial charge in [-0.2, -0.15) is 0 Å². The minimum Gasteiger partial charge on any atom is -0.457 e. The zero-order chi connectivity index (χ0) is 23.2. The zero-order valence-corrected chi connectivity index (χ0v) is 17.8. The number of hydrogen-bond acceptors (Lipinski definition) is 7. The van der Waals surface area contributed by atoms with Crippen molar-refractivity contribution in [1.29, 1.82) is 0 Å². The molecule has 0 unspecified atom stereocenters. The number of amides is 1. The van der Waals surface area contributed by atoms with Gasteiger partial charge in [-0.3, -0.25) is 9.78 Å². The Morgan fingerprint density at radius 1 is 0.765 bits per heavy atom. The second kappa shape index (κ2) is 9.66. The summed E-state index contributed by atoms with van der Waals surface area (Å²) in [6.07, 6.45) is 2.82. The summed E-state index contributed by atoms with van der Waals surface area (Å²) in [6, 6.07) is 26.9. The van der Waals surface area contributed by atoms with Gasteiger partial charge in [-0.25, -0.2) is 0 Å². The van der Waals surface area contributed by atoms with Crippen LogP contribution in [0.25, 0.3) is 11.6 Å². The van der Waals surface area contributed by atoms with Gasteiger partial charge in [0.2, 0.25) is 6.39 Å². The molecule has 1 N–H and O–H groups in total. The van der Waals surface area contributed by atoms with Crippen LogP contribution >= 0.6 is 0 Å². The second-order valence-corrected chi connectivity index (χ2v) is 7.15. The third-order valence-electron chi connectivity index (χ3n) is 4.71. The minimum atomic E-state index is -0.266. The standard InChI is InChI=1S/C26H18N4O4/c31-25(18-6-4-10-21(14-18)33-20-8-2-1-3-9-20)29-19-7-5-11-22(15-19)34-23-12-13-27-24(16-23)26-30-28-17-32-26/h1-17H,(H,29,31). The van der Waals surface area contributed by atoms with Gasteiger partial charge in [0.1, 0.15) is 28.7 Å². The summed E-state index contributed by atoms with van der Waals surface area (Å²) in [5.41, 5.74) is 1.55. The average Bonchev–Trinajstić information content (AvgIpc) is 3.41. The van der Waals surface area contributed by atoms with E-state index >= 15 is 0 Å². The Balaban J connectivity index is 1.28. The molecule has 2 heterocycles. The normalized spacial score (nSPS) is 10.5. The Morgan fingerprint density at radius 3 is 2.32 bits per heavy atom. The van der Waals surface area contributed by atoms with Crippen molar-refractivity contribution >= 4 is 11.6 Å². The molecule has 0 bridgehead atoms. The monoisotopic (exact) mass is 450 g/mol. The highest BCUT2D eigenvalue weighted by Gasteiger charge is 2.10. The number of anilines is 1. The van der Waals surface area contributed by atoms with E-state index < -0.39 is 0 Å². The largest absolute Gasteiger partial charge is 0.457 e. The summed E-state index contributed by atoms with van der Waals surface area (Å²) >= 11 is 0. The molecule has 8 nitrogen and oxygen atoms in total. The molecule has 0 spiro atoms. The molecule has 166 valence electrons. The number of carbonyl (C=O) groups is 1. The number of carbonyl (C=O) groups excluding carboxylic acids is 1.